The van der Waals surface area contributed by atoms with Crippen molar-refractivity contribution in [2.24, 2.45) is 34.0 Å². The van der Waals surface area contributed by atoms with Crippen molar-refractivity contribution in [3.8, 4) is 5.95 Å². The largest absolute Gasteiger partial charge is 0.462 e. The molecule has 0 radical (unpaired) electrons. The normalized spacial score (nSPS) is 44.5. The summed E-state index contributed by atoms with van der Waals surface area (Å²) in [6, 6.07) is 1.56. The van der Waals surface area contributed by atoms with Gasteiger partial charge in [0.2, 0.25) is 0 Å². The lowest BCUT2D eigenvalue weighted by Crippen LogP contribution is -2.69. The van der Waals surface area contributed by atoms with E-state index in [1.807, 2.05) is 0 Å². The molecule has 0 bridgehead atoms. The number of hydrogen-bond donors (Lipinski definition) is 1. The van der Waals surface area contributed by atoms with Crippen LogP contribution in [0.25, 0.3) is 0 Å². The van der Waals surface area contributed by atoms with Crippen molar-refractivity contribution in [3.63, 3.8) is 0 Å². The van der Waals surface area contributed by atoms with Crippen LogP contribution in [0.3, 0.4) is 0 Å². The number of rotatable bonds is 1. The maximum Gasteiger partial charge on any atom is 0.302 e. The molecule has 3 fully saturated rings. The summed E-state index contributed by atoms with van der Waals surface area (Å²) in [5, 5.41) is 11.6. The number of aryl methyl sites for hydroxylation is 1. The molecule has 1 aromatic heterocycles. The fraction of sp³-hybridized carbons (Fsp3) is 0.786. The zero-order valence-corrected chi connectivity index (χ0v) is 21.7. The second kappa shape index (κ2) is 7.35. The Bertz CT molecular complexity index is 1070. The zero-order valence-electron chi connectivity index (χ0n) is 21.7. The summed E-state index contributed by atoms with van der Waals surface area (Å²) >= 11 is 0. The predicted octanol–water partition coefficient (Wildman–Crippen LogP) is 4.81. The molecule has 6 nitrogen and oxygen atoms in total. The molecule has 3 aliphatic carbocycles. The first kappa shape index (κ1) is 23.9. The van der Waals surface area contributed by atoms with Gasteiger partial charge in [0.05, 0.1) is 11.7 Å². The van der Waals surface area contributed by atoms with Crippen LogP contribution in [-0.2, 0) is 16.0 Å². The van der Waals surface area contributed by atoms with Gasteiger partial charge in [-0.3, -0.25) is 9.59 Å². The lowest BCUT2D eigenvalue weighted by Gasteiger charge is -2.69. The Kier molecular flexibility index (Phi) is 5.16. The van der Waals surface area contributed by atoms with Crippen LogP contribution in [0.4, 0.5) is 0 Å². The molecule has 4 aliphatic rings. The highest BCUT2D eigenvalue weighted by molar-refractivity contribution is 5.66. The Balaban J connectivity index is 1.55. The highest BCUT2D eigenvalue weighted by atomic mass is 16.6. The first-order valence-corrected chi connectivity index (χ1v) is 12.9. The van der Waals surface area contributed by atoms with Crippen LogP contribution in [0.2, 0.25) is 0 Å². The Morgan fingerprint density at radius 3 is 2.44 bits per heavy atom. The lowest BCUT2D eigenvalue weighted by molar-refractivity contribution is -0.261. The van der Waals surface area contributed by atoms with E-state index in [4.69, 9.17) is 13.9 Å². The van der Waals surface area contributed by atoms with Gasteiger partial charge in [0.15, 0.2) is 5.43 Å². The third kappa shape index (κ3) is 3.09. The molecule has 5 rings (SSSR count). The lowest BCUT2D eigenvalue weighted by atomic mass is 9.37. The van der Waals surface area contributed by atoms with Crippen LogP contribution in [-0.4, -0.2) is 28.9 Å². The predicted molar refractivity (Wildman–Crippen MR) is 128 cm³/mol. The van der Waals surface area contributed by atoms with Gasteiger partial charge in [-0.15, -0.1) is 0 Å². The summed E-state index contributed by atoms with van der Waals surface area (Å²) in [6.45, 7) is 14.5. The Morgan fingerprint density at radius 1 is 1.09 bits per heavy atom. The number of esters is 1. The van der Waals surface area contributed by atoms with E-state index in [-0.39, 0.29) is 51.5 Å². The fourth-order valence-corrected chi connectivity index (χ4v) is 9.14. The van der Waals surface area contributed by atoms with Crippen molar-refractivity contribution in [1.29, 1.82) is 0 Å². The molecule has 34 heavy (non-hydrogen) atoms. The van der Waals surface area contributed by atoms with Crippen LogP contribution >= 0.6 is 0 Å². The number of ether oxygens (including phenoxy) is 2. The molecule has 8 atom stereocenters. The summed E-state index contributed by atoms with van der Waals surface area (Å²) in [5.41, 5.74) is -0.363. The van der Waals surface area contributed by atoms with Crippen molar-refractivity contribution >= 4 is 5.97 Å². The number of fused-ring (bicyclic) bond motifs is 6. The van der Waals surface area contributed by atoms with Gasteiger partial charge in [0.1, 0.15) is 17.5 Å². The average Bonchev–Trinajstić information content (AvgIpc) is 2.70. The molecular weight excluding hydrogens is 432 g/mol. The van der Waals surface area contributed by atoms with E-state index >= 15 is 0 Å². The van der Waals surface area contributed by atoms with E-state index in [0.717, 1.165) is 25.7 Å². The molecule has 1 aromatic rings. The Hall–Kier alpha value is -1.82. The Morgan fingerprint density at radius 2 is 1.76 bits per heavy atom. The minimum Gasteiger partial charge on any atom is -0.462 e. The van der Waals surface area contributed by atoms with Crippen molar-refractivity contribution in [1.82, 2.24) is 0 Å². The monoisotopic (exact) mass is 472 g/mol. The average molecular weight is 473 g/mol. The van der Waals surface area contributed by atoms with Gasteiger partial charge in [-0.05, 0) is 63.2 Å². The molecule has 0 aromatic carbocycles. The minimum absolute atomic E-state index is 0.00511. The molecule has 1 N–H and O–H groups in total. The number of carbonyl (C=O) groups excluding carboxylic acids is 1. The summed E-state index contributed by atoms with van der Waals surface area (Å²) < 4.78 is 18.1. The van der Waals surface area contributed by atoms with Gasteiger partial charge < -0.3 is 19.0 Å². The van der Waals surface area contributed by atoms with Gasteiger partial charge in [-0.1, -0.05) is 27.7 Å². The number of aliphatic hydroxyl groups is 1. The number of carbonyl (C=O) groups is 1. The topological polar surface area (TPSA) is 86.0 Å². The van der Waals surface area contributed by atoms with E-state index in [1.54, 1.807) is 13.0 Å². The van der Waals surface area contributed by atoms with E-state index in [0.29, 0.717) is 30.1 Å². The van der Waals surface area contributed by atoms with E-state index < -0.39 is 11.7 Å². The first-order valence-electron chi connectivity index (χ1n) is 12.9. The molecule has 188 valence electrons. The molecule has 0 saturated heterocycles. The van der Waals surface area contributed by atoms with Gasteiger partial charge >= 0.3 is 5.97 Å². The molecule has 8 unspecified atom stereocenters. The summed E-state index contributed by atoms with van der Waals surface area (Å²) in [6.07, 6.45) is 4.05. The maximum atomic E-state index is 12.9. The quantitative estimate of drug-likeness (QED) is 0.590. The molecule has 2 heterocycles. The van der Waals surface area contributed by atoms with Crippen LogP contribution in [0, 0.1) is 40.9 Å². The third-order valence-corrected chi connectivity index (χ3v) is 10.8. The van der Waals surface area contributed by atoms with Gasteiger partial charge in [0, 0.05) is 36.2 Å². The van der Waals surface area contributed by atoms with Crippen LogP contribution in [0.15, 0.2) is 15.3 Å². The third-order valence-electron chi connectivity index (χ3n) is 10.8. The molecular formula is C28H40O6. The van der Waals surface area contributed by atoms with Crippen molar-refractivity contribution in [2.45, 2.75) is 105 Å². The molecule has 1 aliphatic heterocycles. The second-order valence-corrected chi connectivity index (χ2v) is 12.9. The zero-order chi connectivity index (χ0) is 24.8. The van der Waals surface area contributed by atoms with Crippen LogP contribution in [0.5, 0.6) is 5.95 Å². The van der Waals surface area contributed by atoms with Gasteiger partial charge in [0.25, 0.3) is 5.95 Å². The maximum absolute atomic E-state index is 12.9. The fourth-order valence-electron chi connectivity index (χ4n) is 9.14. The number of aliphatic hydroxyl groups excluding tert-OH is 1. The molecule has 3 saturated carbocycles. The molecule has 0 spiro atoms. The van der Waals surface area contributed by atoms with E-state index in [9.17, 15) is 14.7 Å². The van der Waals surface area contributed by atoms with E-state index in [1.165, 1.54) is 6.92 Å². The number of hydrogen-bond acceptors (Lipinski definition) is 6. The summed E-state index contributed by atoms with van der Waals surface area (Å²) in [5.74, 6) is 1.38. The standard InChI is InChI=1S/C28H40O6/c1-15-12-18(30)17-13-21-26(5)10-8-19-25(3,4)23(33-16(2)29)14-22(31)28(19,7)20(26)9-11-27(21,6)34-24(17)32-15/h12,19-23,31H,8-11,13-14H2,1-7H3. The van der Waals surface area contributed by atoms with E-state index in [2.05, 4.69) is 34.6 Å². The summed E-state index contributed by atoms with van der Waals surface area (Å²) in [7, 11) is 0. The van der Waals surface area contributed by atoms with Crippen molar-refractivity contribution < 1.29 is 23.8 Å². The SMILES string of the molecule is CC(=O)OC1CC(O)C2(C)C(CCC3(C)C4Cc5c(oc(C)cc5=O)OC4(C)CCC32)C1(C)C. The van der Waals surface area contributed by atoms with Gasteiger partial charge in [-0.2, -0.15) is 0 Å². The second-order valence-electron chi connectivity index (χ2n) is 12.9. The first-order chi connectivity index (χ1) is 15.7. The van der Waals surface area contributed by atoms with Crippen molar-refractivity contribution in [3.05, 3.63) is 27.6 Å². The molecule has 6 heteroatoms. The van der Waals surface area contributed by atoms with Crippen molar-refractivity contribution in [2.75, 3.05) is 0 Å². The Labute approximate surface area is 202 Å². The highest BCUT2D eigenvalue weighted by Crippen LogP contribution is 2.70. The minimum atomic E-state index is -0.548. The highest BCUT2D eigenvalue weighted by Gasteiger charge is 2.69. The summed E-state index contributed by atoms with van der Waals surface area (Å²) in [4.78, 5) is 24.7. The molecule has 0 amide bonds. The van der Waals surface area contributed by atoms with Crippen LogP contribution in [0.1, 0.15) is 85.0 Å². The smallest absolute Gasteiger partial charge is 0.302 e. The van der Waals surface area contributed by atoms with Gasteiger partial charge in [-0.25, -0.2) is 0 Å². The van der Waals surface area contributed by atoms with Crippen LogP contribution < -0.4 is 10.2 Å².